The largest absolute Gasteiger partial charge is 0.375 e. The average molecular weight is 279 g/mol. The van der Waals surface area contributed by atoms with E-state index >= 15 is 0 Å². The topological polar surface area (TPSA) is 90.4 Å². The van der Waals surface area contributed by atoms with Crippen LogP contribution in [0.2, 0.25) is 0 Å². The summed E-state index contributed by atoms with van der Waals surface area (Å²) in [6.45, 7) is 2.16. The molecule has 1 rings (SSSR count). The lowest BCUT2D eigenvalue weighted by atomic mass is 10.1. The predicted octanol–water partition coefficient (Wildman–Crippen LogP) is 0.776. The number of ether oxygens (including phenoxy) is 1. The maximum atomic E-state index is 11.6. The molecule has 0 saturated carbocycles. The normalized spacial score (nSPS) is 12.1. The summed E-state index contributed by atoms with van der Waals surface area (Å²) >= 11 is 0. The summed E-state index contributed by atoms with van der Waals surface area (Å²) in [4.78, 5) is 11.6. The van der Waals surface area contributed by atoms with Crippen LogP contribution in [-0.2, 0) is 16.1 Å². The second-order valence-corrected chi connectivity index (χ2v) is 4.72. The molecule has 5 heteroatoms. The van der Waals surface area contributed by atoms with Crippen LogP contribution in [-0.4, -0.2) is 31.6 Å². The first-order valence-corrected chi connectivity index (χ1v) is 7.09. The highest BCUT2D eigenvalue weighted by molar-refractivity contribution is 5.81. The Morgan fingerprint density at radius 2 is 2.00 bits per heavy atom. The molecule has 112 valence electrons. The van der Waals surface area contributed by atoms with E-state index < -0.39 is 6.04 Å². The van der Waals surface area contributed by atoms with Crippen LogP contribution in [0.15, 0.2) is 30.3 Å². The van der Waals surface area contributed by atoms with Gasteiger partial charge in [0.15, 0.2) is 0 Å². The van der Waals surface area contributed by atoms with Crippen molar-refractivity contribution in [3.63, 3.8) is 0 Å². The molecule has 0 saturated heterocycles. The Kier molecular flexibility index (Phi) is 8.62. The lowest BCUT2D eigenvalue weighted by Gasteiger charge is -2.12. The third kappa shape index (κ3) is 7.23. The van der Waals surface area contributed by atoms with E-state index in [1.54, 1.807) is 0 Å². The van der Waals surface area contributed by atoms with Crippen LogP contribution in [0.4, 0.5) is 0 Å². The number of hydrogen-bond acceptors (Lipinski definition) is 4. The van der Waals surface area contributed by atoms with E-state index in [1.807, 2.05) is 30.3 Å². The van der Waals surface area contributed by atoms with Crippen molar-refractivity contribution in [1.29, 1.82) is 0 Å². The number of rotatable bonds is 10. The Morgan fingerprint density at radius 3 is 2.70 bits per heavy atom. The zero-order chi connectivity index (χ0) is 14.6. The van der Waals surface area contributed by atoms with Crippen molar-refractivity contribution >= 4 is 5.91 Å². The van der Waals surface area contributed by atoms with Crippen LogP contribution in [0.3, 0.4) is 0 Å². The third-order valence-corrected chi connectivity index (χ3v) is 2.96. The molecule has 0 aliphatic heterocycles. The van der Waals surface area contributed by atoms with Gasteiger partial charge in [-0.05, 0) is 24.9 Å². The van der Waals surface area contributed by atoms with E-state index in [0.717, 1.165) is 18.4 Å². The Morgan fingerprint density at radius 1 is 1.25 bits per heavy atom. The summed E-state index contributed by atoms with van der Waals surface area (Å²) in [6.07, 6.45) is 2.46. The van der Waals surface area contributed by atoms with Crippen molar-refractivity contribution in [2.45, 2.75) is 31.9 Å². The number of nitrogens with one attached hydrogen (secondary N) is 1. The molecule has 0 aromatic heterocycles. The van der Waals surface area contributed by atoms with Gasteiger partial charge in [0.25, 0.3) is 0 Å². The van der Waals surface area contributed by atoms with Gasteiger partial charge in [0.05, 0.1) is 19.3 Å². The molecule has 5 nitrogen and oxygen atoms in total. The van der Waals surface area contributed by atoms with Gasteiger partial charge in [-0.1, -0.05) is 36.8 Å². The molecule has 0 heterocycles. The highest BCUT2D eigenvalue weighted by Gasteiger charge is 2.11. The van der Waals surface area contributed by atoms with Crippen molar-refractivity contribution in [2.75, 3.05) is 19.7 Å². The molecule has 1 amide bonds. The fraction of sp³-hybridized carbons (Fsp3) is 0.533. The molecular formula is C15H25N3O2. The van der Waals surface area contributed by atoms with Gasteiger partial charge in [-0.15, -0.1) is 0 Å². The van der Waals surface area contributed by atoms with Crippen LogP contribution in [0, 0.1) is 0 Å². The SMILES string of the molecule is NCCCC[C@H](N)C(=O)NCCOCc1ccccc1. The van der Waals surface area contributed by atoms with Crippen molar-refractivity contribution in [1.82, 2.24) is 5.32 Å². The van der Waals surface area contributed by atoms with Gasteiger partial charge in [0, 0.05) is 6.54 Å². The molecule has 0 radical (unpaired) electrons. The first-order chi connectivity index (χ1) is 9.74. The predicted molar refractivity (Wildman–Crippen MR) is 80.0 cm³/mol. The molecular weight excluding hydrogens is 254 g/mol. The van der Waals surface area contributed by atoms with Crippen LogP contribution < -0.4 is 16.8 Å². The van der Waals surface area contributed by atoms with E-state index in [-0.39, 0.29) is 5.91 Å². The number of unbranched alkanes of at least 4 members (excludes halogenated alkanes) is 1. The summed E-state index contributed by atoms with van der Waals surface area (Å²) in [7, 11) is 0. The van der Waals surface area contributed by atoms with E-state index in [0.29, 0.717) is 32.7 Å². The summed E-state index contributed by atoms with van der Waals surface area (Å²) in [5.41, 5.74) is 12.3. The zero-order valence-corrected chi connectivity index (χ0v) is 11.9. The summed E-state index contributed by atoms with van der Waals surface area (Å²) in [5.74, 6) is -0.120. The third-order valence-electron chi connectivity index (χ3n) is 2.96. The number of amides is 1. The number of hydrogen-bond donors (Lipinski definition) is 3. The molecule has 1 aromatic carbocycles. The minimum Gasteiger partial charge on any atom is -0.375 e. The number of benzene rings is 1. The molecule has 0 aliphatic carbocycles. The maximum Gasteiger partial charge on any atom is 0.236 e. The van der Waals surface area contributed by atoms with Gasteiger partial charge in [-0.2, -0.15) is 0 Å². The zero-order valence-electron chi connectivity index (χ0n) is 11.9. The van der Waals surface area contributed by atoms with E-state index in [2.05, 4.69) is 5.32 Å². The first kappa shape index (κ1) is 16.6. The van der Waals surface area contributed by atoms with Crippen molar-refractivity contribution in [2.24, 2.45) is 11.5 Å². The average Bonchev–Trinajstić information content (AvgIpc) is 2.48. The monoisotopic (exact) mass is 279 g/mol. The summed E-state index contributed by atoms with van der Waals surface area (Å²) in [6, 6.07) is 9.48. The second-order valence-electron chi connectivity index (χ2n) is 4.72. The molecule has 0 spiro atoms. The van der Waals surface area contributed by atoms with Crippen LogP contribution in [0.25, 0.3) is 0 Å². The molecule has 1 aromatic rings. The number of carbonyl (C=O) groups is 1. The highest BCUT2D eigenvalue weighted by Crippen LogP contribution is 2.00. The van der Waals surface area contributed by atoms with Crippen LogP contribution in [0.5, 0.6) is 0 Å². The number of carbonyl (C=O) groups excluding carboxylic acids is 1. The standard InChI is InChI=1S/C15H25N3O2/c16-9-5-4-8-14(17)15(19)18-10-11-20-12-13-6-2-1-3-7-13/h1-3,6-7,14H,4-5,8-12,16-17H2,(H,18,19)/t14-/m0/s1. The van der Waals surface area contributed by atoms with Gasteiger partial charge < -0.3 is 21.5 Å². The van der Waals surface area contributed by atoms with Crippen molar-refractivity contribution < 1.29 is 9.53 Å². The molecule has 0 fully saturated rings. The Balaban J connectivity index is 2.04. The molecule has 0 aliphatic rings. The second kappa shape index (κ2) is 10.4. The van der Waals surface area contributed by atoms with Gasteiger partial charge in [0.1, 0.15) is 0 Å². The Bertz CT molecular complexity index is 371. The Labute approximate surface area is 120 Å². The van der Waals surface area contributed by atoms with E-state index in [9.17, 15) is 4.79 Å². The molecule has 0 unspecified atom stereocenters. The number of nitrogens with two attached hydrogens (primary N) is 2. The molecule has 1 atom stereocenters. The fourth-order valence-electron chi connectivity index (χ4n) is 1.78. The quantitative estimate of drug-likeness (QED) is 0.552. The highest BCUT2D eigenvalue weighted by atomic mass is 16.5. The summed E-state index contributed by atoms with van der Waals surface area (Å²) in [5, 5.41) is 2.78. The van der Waals surface area contributed by atoms with E-state index in [1.165, 1.54) is 0 Å². The van der Waals surface area contributed by atoms with Gasteiger partial charge in [-0.3, -0.25) is 4.79 Å². The van der Waals surface area contributed by atoms with Gasteiger partial charge >= 0.3 is 0 Å². The molecule has 5 N–H and O–H groups in total. The minimum absolute atomic E-state index is 0.120. The van der Waals surface area contributed by atoms with Crippen molar-refractivity contribution in [3.05, 3.63) is 35.9 Å². The van der Waals surface area contributed by atoms with Crippen LogP contribution in [0.1, 0.15) is 24.8 Å². The fourth-order valence-corrected chi connectivity index (χ4v) is 1.78. The molecule has 0 bridgehead atoms. The summed E-state index contributed by atoms with van der Waals surface area (Å²) < 4.78 is 5.48. The lowest BCUT2D eigenvalue weighted by Crippen LogP contribution is -2.41. The smallest absolute Gasteiger partial charge is 0.236 e. The first-order valence-electron chi connectivity index (χ1n) is 7.09. The maximum absolute atomic E-state index is 11.6. The Hall–Kier alpha value is -1.43. The van der Waals surface area contributed by atoms with Gasteiger partial charge in [0.2, 0.25) is 5.91 Å². The van der Waals surface area contributed by atoms with Crippen molar-refractivity contribution in [3.8, 4) is 0 Å². The minimum atomic E-state index is -0.448. The lowest BCUT2D eigenvalue weighted by molar-refractivity contribution is -0.122. The van der Waals surface area contributed by atoms with Crippen LogP contribution >= 0.6 is 0 Å². The van der Waals surface area contributed by atoms with E-state index in [4.69, 9.17) is 16.2 Å². The molecule has 20 heavy (non-hydrogen) atoms. The van der Waals surface area contributed by atoms with Gasteiger partial charge in [-0.25, -0.2) is 0 Å².